The third-order valence-electron chi connectivity index (χ3n) is 3.77. The van der Waals surface area contributed by atoms with Gasteiger partial charge in [0.1, 0.15) is 21.3 Å². The maximum absolute atomic E-state index is 13.9. The minimum absolute atomic E-state index is 0.0552. The molecular formula is C16H10F4N2O3S. The molecule has 136 valence electrons. The van der Waals surface area contributed by atoms with Gasteiger partial charge in [0.05, 0.1) is 10.9 Å². The van der Waals surface area contributed by atoms with E-state index in [-0.39, 0.29) is 38.5 Å². The second kappa shape index (κ2) is 6.20. The van der Waals surface area contributed by atoms with Crippen molar-refractivity contribution in [3.05, 3.63) is 61.8 Å². The monoisotopic (exact) mass is 386 g/mol. The molecule has 3 aromatic rings. The zero-order valence-electron chi connectivity index (χ0n) is 13.1. The smallest absolute Gasteiger partial charge is 0.416 e. The number of halogens is 4. The molecule has 0 aliphatic heterocycles. The fourth-order valence-electron chi connectivity index (χ4n) is 2.54. The summed E-state index contributed by atoms with van der Waals surface area (Å²) in [5, 5.41) is 9.22. The number of nitrogens with zero attached hydrogens (tertiary/aromatic N) is 1. The molecule has 0 aliphatic carbocycles. The van der Waals surface area contributed by atoms with E-state index < -0.39 is 29.1 Å². The Morgan fingerprint density at radius 1 is 1.35 bits per heavy atom. The number of benzene rings is 1. The number of aryl methyl sites for hydroxylation is 1. The van der Waals surface area contributed by atoms with Gasteiger partial charge in [-0.05, 0) is 36.2 Å². The van der Waals surface area contributed by atoms with Crippen LogP contribution in [0.4, 0.5) is 17.6 Å². The molecule has 0 saturated heterocycles. The summed E-state index contributed by atoms with van der Waals surface area (Å²) in [5.74, 6) is -2.14. The van der Waals surface area contributed by atoms with Crippen LogP contribution in [0, 0.1) is 12.7 Å². The van der Waals surface area contributed by atoms with Crippen LogP contribution in [0.5, 0.6) is 0 Å². The van der Waals surface area contributed by atoms with E-state index in [0.29, 0.717) is 18.2 Å². The number of carbonyl (C=O) groups is 1. The number of carboxylic acid groups (broad SMARTS) is 1. The van der Waals surface area contributed by atoms with Crippen LogP contribution in [0.2, 0.25) is 0 Å². The summed E-state index contributed by atoms with van der Waals surface area (Å²) in [6, 6.07) is 1.98. The van der Waals surface area contributed by atoms with Crippen molar-refractivity contribution in [2.24, 2.45) is 0 Å². The van der Waals surface area contributed by atoms with Crippen LogP contribution in [0.1, 0.15) is 32.2 Å². The molecule has 1 aromatic carbocycles. The van der Waals surface area contributed by atoms with Gasteiger partial charge >= 0.3 is 12.1 Å². The van der Waals surface area contributed by atoms with Crippen molar-refractivity contribution in [1.82, 2.24) is 9.97 Å². The number of aromatic nitrogens is 2. The van der Waals surface area contributed by atoms with Crippen molar-refractivity contribution < 1.29 is 27.5 Å². The first-order chi connectivity index (χ1) is 12.1. The molecule has 26 heavy (non-hydrogen) atoms. The van der Waals surface area contributed by atoms with Crippen molar-refractivity contribution >= 4 is 27.5 Å². The summed E-state index contributed by atoms with van der Waals surface area (Å²) in [6.45, 7) is 1.46. The highest BCUT2D eigenvalue weighted by Crippen LogP contribution is 2.31. The van der Waals surface area contributed by atoms with Crippen LogP contribution in [-0.2, 0) is 12.6 Å². The van der Waals surface area contributed by atoms with E-state index in [1.807, 2.05) is 0 Å². The predicted molar refractivity (Wildman–Crippen MR) is 86.1 cm³/mol. The van der Waals surface area contributed by atoms with Gasteiger partial charge in [-0.3, -0.25) is 4.79 Å². The Labute approximate surface area is 146 Å². The first kappa shape index (κ1) is 18.1. The van der Waals surface area contributed by atoms with Gasteiger partial charge in [0.25, 0.3) is 5.56 Å². The fourth-order valence-corrected chi connectivity index (χ4v) is 3.58. The molecule has 2 N–H and O–H groups in total. The zero-order chi connectivity index (χ0) is 19.2. The van der Waals surface area contributed by atoms with E-state index in [2.05, 4.69) is 9.97 Å². The topological polar surface area (TPSA) is 83.0 Å². The fraction of sp³-hybridized carbons (Fsp3) is 0.188. The van der Waals surface area contributed by atoms with Crippen LogP contribution in [0.3, 0.4) is 0 Å². The second-order valence-electron chi connectivity index (χ2n) is 5.53. The number of H-pyrrole nitrogens is 1. The van der Waals surface area contributed by atoms with Crippen molar-refractivity contribution in [3.63, 3.8) is 0 Å². The number of hydrogen-bond acceptors (Lipinski definition) is 4. The summed E-state index contributed by atoms with van der Waals surface area (Å²) in [7, 11) is 0. The number of aromatic amines is 1. The van der Waals surface area contributed by atoms with Gasteiger partial charge in [0, 0.05) is 6.42 Å². The van der Waals surface area contributed by atoms with Crippen LogP contribution in [-0.4, -0.2) is 21.0 Å². The Bertz CT molecular complexity index is 1090. The molecule has 0 atom stereocenters. The molecule has 0 bridgehead atoms. The number of aromatic carboxylic acids is 1. The minimum Gasteiger partial charge on any atom is -0.477 e. The lowest BCUT2D eigenvalue weighted by Gasteiger charge is -2.09. The van der Waals surface area contributed by atoms with Crippen LogP contribution in [0.25, 0.3) is 10.2 Å². The van der Waals surface area contributed by atoms with Crippen LogP contribution in [0.15, 0.2) is 23.0 Å². The molecule has 10 heteroatoms. The third-order valence-corrected chi connectivity index (χ3v) is 4.95. The molecule has 0 radical (unpaired) electrons. The molecule has 5 nitrogen and oxygen atoms in total. The molecule has 0 spiro atoms. The lowest BCUT2D eigenvalue weighted by atomic mass is 10.1. The van der Waals surface area contributed by atoms with Gasteiger partial charge in [0.2, 0.25) is 0 Å². The normalized spacial score (nSPS) is 11.9. The summed E-state index contributed by atoms with van der Waals surface area (Å²) in [5.41, 5.74) is -1.67. The number of rotatable bonds is 3. The third kappa shape index (κ3) is 3.19. The Balaban J connectivity index is 2.08. The Morgan fingerprint density at radius 3 is 2.65 bits per heavy atom. The van der Waals surface area contributed by atoms with E-state index in [4.69, 9.17) is 5.11 Å². The average molecular weight is 386 g/mol. The van der Waals surface area contributed by atoms with Gasteiger partial charge in [-0.1, -0.05) is 0 Å². The zero-order valence-corrected chi connectivity index (χ0v) is 13.9. The average Bonchev–Trinajstić information content (AvgIpc) is 2.86. The highest BCUT2D eigenvalue weighted by Gasteiger charge is 2.31. The number of nitrogens with one attached hydrogen (secondary N) is 1. The van der Waals surface area contributed by atoms with Gasteiger partial charge in [-0.25, -0.2) is 14.2 Å². The number of thiophene rings is 1. The number of alkyl halides is 3. The molecule has 2 heterocycles. The number of hydrogen-bond donors (Lipinski definition) is 2. The maximum atomic E-state index is 13.9. The van der Waals surface area contributed by atoms with Gasteiger partial charge in [-0.15, -0.1) is 11.3 Å². The molecular weight excluding hydrogens is 376 g/mol. The van der Waals surface area contributed by atoms with E-state index in [0.717, 1.165) is 11.3 Å². The quantitative estimate of drug-likeness (QED) is 0.672. The van der Waals surface area contributed by atoms with E-state index in [1.165, 1.54) is 6.92 Å². The number of fused-ring (bicyclic) bond motifs is 1. The van der Waals surface area contributed by atoms with E-state index in [1.54, 1.807) is 0 Å². The predicted octanol–water partition coefficient (Wildman–Crippen LogP) is 3.74. The van der Waals surface area contributed by atoms with Crippen molar-refractivity contribution in [2.45, 2.75) is 19.5 Å². The second-order valence-corrected chi connectivity index (χ2v) is 6.53. The van der Waals surface area contributed by atoms with E-state index in [9.17, 15) is 27.2 Å². The largest absolute Gasteiger partial charge is 0.477 e. The lowest BCUT2D eigenvalue weighted by molar-refractivity contribution is -0.137. The Kier molecular flexibility index (Phi) is 4.31. The molecule has 0 aliphatic rings. The van der Waals surface area contributed by atoms with Gasteiger partial charge in [-0.2, -0.15) is 13.2 Å². The summed E-state index contributed by atoms with van der Waals surface area (Å²) >= 11 is 0.778. The van der Waals surface area contributed by atoms with E-state index >= 15 is 0 Å². The van der Waals surface area contributed by atoms with Crippen molar-refractivity contribution in [3.8, 4) is 0 Å². The SMILES string of the molecule is Cc1c(C(=O)O)sc2nc(Cc3cc(C(F)(F)F)ccc3F)[nH]c(=O)c12. The van der Waals surface area contributed by atoms with Gasteiger partial charge in [0.15, 0.2) is 0 Å². The summed E-state index contributed by atoms with van der Waals surface area (Å²) in [4.78, 5) is 29.9. The summed E-state index contributed by atoms with van der Waals surface area (Å²) in [6.07, 6.45) is -5.01. The van der Waals surface area contributed by atoms with Crippen LogP contribution < -0.4 is 5.56 Å². The molecule has 3 rings (SSSR count). The Morgan fingerprint density at radius 2 is 2.04 bits per heavy atom. The molecule has 0 saturated carbocycles. The van der Waals surface area contributed by atoms with Gasteiger partial charge < -0.3 is 10.1 Å². The van der Waals surface area contributed by atoms with Crippen LogP contribution >= 0.6 is 11.3 Å². The number of carboxylic acids is 1. The Hall–Kier alpha value is -2.75. The summed E-state index contributed by atoms with van der Waals surface area (Å²) < 4.78 is 52.2. The highest BCUT2D eigenvalue weighted by molar-refractivity contribution is 7.20. The molecule has 0 unspecified atom stereocenters. The first-order valence-corrected chi connectivity index (χ1v) is 8.00. The maximum Gasteiger partial charge on any atom is 0.416 e. The molecule has 0 fully saturated rings. The molecule has 0 amide bonds. The van der Waals surface area contributed by atoms with Crippen molar-refractivity contribution in [1.29, 1.82) is 0 Å². The highest BCUT2D eigenvalue weighted by atomic mass is 32.1. The lowest BCUT2D eigenvalue weighted by Crippen LogP contribution is -2.13. The molecule has 2 aromatic heterocycles. The minimum atomic E-state index is -4.63. The van der Waals surface area contributed by atoms with Crippen molar-refractivity contribution in [2.75, 3.05) is 0 Å². The first-order valence-electron chi connectivity index (χ1n) is 7.19. The standard InChI is InChI=1S/C16H10F4N2O3S/c1-6-11-13(23)21-10(22-14(11)26-12(6)15(24)25)5-7-4-8(16(18,19)20)2-3-9(7)17/h2-4H,5H2,1H3,(H,24,25)(H,21,22,23).